The number of aromatic nitrogens is 1. The van der Waals surface area contributed by atoms with Crippen LogP contribution in [0.3, 0.4) is 0 Å². The molecule has 1 aliphatic rings. The second-order valence-corrected chi connectivity index (χ2v) is 5.64. The molecule has 1 aromatic heterocycles. The Kier molecular flexibility index (Phi) is 4.39. The molecule has 2 heterocycles. The molecule has 2 rings (SSSR count). The molecule has 0 radical (unpaired) electrons. The van der Waals surface area contributed by atoms with Crippen LogP contribution in [0.2, 0.25) is 0 Å². The lowest BCUT2D eigenvalue weighted by Gasteiger charge is -2.28. The third-order valence-corrected chi connectivity index (χ3v) is 3.50. The van der Waals surface area contributed by atoms with E-state index in [2.05, 4.69) is 28.9 Å². The average molecular weight is 264 g/mol. The Balaban J connectivity index is 2.25. The zero-order valence-electron chi connectivity index (χ0n) is 12.0. The lowest BCUT2D eigenvalue weighted by Crippen LogP contribution is -2.38. The van der Waals surface area contributed by atoms with Gasteiger partial charge < -0.3 is 20.6 Å². The SMILES string of the molecule is Cc1cc(CN)cc(N2CC(O)CC2CN(C)C)n1. The second-order valence-electron chi connectivity index (χ2n) is 5.64. The quantitative estimate of drug-likeness (QED) is 0.821. The van der Waals surface area contributed by atoms with Gasteiger partial charge in [0.05, 0.1) is 6.10 Å². The molecule has 1 aromatic rings. The molecular weight excluding hydrogens is 240 g/mol. The van der Waals surface area contributed by atoms with Gasteiger partial charge in [-0.25, -0.2) is 4.98 Å². The zero-order chi connectivity index (χ0) is 14.0. The van der Waals surface area contributed by atoms with E-state index < -0.39 is 0 Å². The summed E-state index contributed by atoms with van der Waals surface area (Å²) in [5.74, 6) is 0.934. The summed E-state index contributed by atoms with van der Waals surface area (Å²) in [5.41, 5.74) is 7.79. The summed E-state index contributed by atoms with van der Waals surface area (Å²) >= 11 is 0. The maximum Gasteiger partial charge on any atom is 0.129 e. The van der Waals surface area contributed by atoms with Crippen LogP contribution in [0, 0.1) is 6.92 Å². The van der Waals surface area contributed by atoms with Crippen LogP contribution in [0.4, 0.5) is 5.82 Å². The van der Waals surface area contributed by atoms with E-state index in [4.69, 9.17) is 5.73 Å². The van der Waals surface area contributed by atoms with Crippen molar-refractivity contribution in [2.45, 2.75) is 32.0 Å². The first-order valence-electron chi connectivity index (χ1n) is 6.76. The first-order valence-corrected chi connectivity index (χ1v) is 6.76. The highest BCUT2D eigenvalue weighted by Gasteiger charge is 2.32. The largest absolute Gasteiger partial charge is 0.391 e. The summed E-state index contributed by atoms with van der Waals surface area (Å²) in [6.45, 7) is 4.07. The van der Waals surface area contributed by atoms with Crippen molar-refractivity contribution in [1.29, 1.82) is 0 Å². The van der Waals surface area contributed by atoms with Gasteiger partial charge in [0.1, 0.15) is 5.82 Å². The third kappa shape index (κ3) is 3.43. The predicted molar refractivity (Wildman–Crippen MR) is 77.2 cm³/mol. The molecule has 0 aromatic carbocycles. The van der Waals surface area contributed by atoms with E-state index in [0.29, 0.717) is 19.1 Å². The van der Waals surface area contributed by atoms with E-state index in [-0.39, 0.29) is 6.10 Å². The molecule has 0 amide bonds. The van der Waals surface area contributed by atoms with Gasteiger partial charge in [-0.2, -0.15) is 0 Å². The summed E-state index contributed by atoms with van der Waals surface area (Å²) in [6.07, 6.45) is 0.528. The van der Waals surface area contributed by atoms with Crippen LogP contribution < -0.4 is 10.6 Å². The van der Waals surface area contributed by atoms with Gasteiger partial charge in [0, 0.05) is 31.4 Å². The van der Waals surface area contributed by atoms with E-state index in [9.17, 15) is 5.11 Å². The summed E-state index contributed by atoms with van der Waals surface area (Å²) in [5, 5.41) is 9.93. The Labute approximate surface area is 115 Å². The Bertz CT molecular complexity index is 435. The molecule has 1 fully saturated rings. The number of anilines is 1. The number of β-amino-alcohol motifs (C(OH)–C–C–N with tert-alkyl or cyclic N) is 1. The predicted octanol–water partition coefficient (Wildman–Crippen LogP) is 0.350. The Morgan fingerprint density at radius 2 is 2.21 bits per heavy atom. The van der Waals surface area contributed by atoms with Gasteiger partial charge in [0.2, 0.25) is 0 Å². The van der Waals surface area contributed by atoms with E-state index in [0.717, 1.165) is 30.0 Å². The highest BCUT2D eigenvalue weighted by Crippen LogP contribution is 2.25. The van der Waals surface area contributed by atoms with Crippen molar-refractivity contribution < 1.29 is 5.11 Å². The molecule has 1 aliphatic heterocycles. The van der Waals surface area contributed by atoms with Crippen LogP contribution in [0.5, 0.6) is 0 Å². The standard InChI is InChI=1S/C14H24N4O/c1-10-4-11(7-15)5-14(16-10)18-9-13(19)6-12(18)8-17(2)3/h4-5,12-13,19H,6-9,15H2,1-3H3. The molecule has 106 valence electrons. The lowest BCUT2D eigenvalue weighted by molar-refractivity contribution is 0.191. The van der Waals surface area contributed by atoms with Gasteiger partial charge in [0.25, 0.3) is 0 Å². The number of rotatable bonds is 4. The minimum Gasteiger partial charge on any atom is -0.391 e. The van der Waals surface area contributed by atoms with E-state index in [1.807, 2.05) is 19.1 Å². The minimum atomic E-state index is -0.270. The Morgan fingerprint density at radius 1 is 1.47 bits per heavy atom. The maximum atomic E-state index is 9.93. The van der Waals surface area contributed by atoms with Gasteiger partial charge in [-0.05, 0) is 45.1 Å². The van der Waals surface area contributed by atoms with Crippen molar-refractivity contribution in [2.24, 2.45) is 5.73 Å². The Hall–Kier alpha value is -1.17. The zero-order valence-corrected chi connectivity index (χ0v) is 12.0. The number of hydrogen-bond donors (Lipinski definition) is 2. The molecule has 0 spiro atoms. The van der Waals surface area contributed by atoms with Crippen LogP contribution >= 0.6 is 0 Å². The average Bonchev–Trinajstić information content (AvgIpc) is 2.68. The molecule has 0 saturated carbocycles. The first kappa shape index (κ1) is 14.2. The highest BCUT2D eigenvalue weighted by molar-refractivity contribution is 5.45. The number of aliphatic hydroxyl groups excluding tert-OH is 1. The normalized spacial score (nSPS) is 23.4. The molecule has 5 nitrogen and oxygen atoms in total. The molecule has 3 N–H and O–H groups in total. The summed E-state index contributed by atoms with van der Waals surface area (Å²) in [7, 11) is 4.11. The van der Waals surface area contributed by atoms with Crippen molar-refractivity contribution in [3.05, 3.63) is 23.4 Å². The van der Waals surface area contributed by atoms with Crippen molar-refractivity contribution in [3.8, 4) is 0 Å². The fourth-order valence-electron chi connectivity index (χ4n) is 2.75. The molecular formula is C14H24N4O. The number of nitrogens with two attached hydrogens (primary N) is 1. The van der Waals surface area contributed by atoms with Gasteiger partial charge in [-0.1, -0.05) is 0 Å². The fourth-order valence-corrected chi connectivity index (χ4v) is 2.75. The highest BCUT2D eigenvalue weighted by atomic mass is 16.3. The number of pyridine rings is 1. The van der Waals surface area contributed by atoms with Crippen molar-refractivity contribution in [3.63, 3.8) is 0 Å². The minimum absolute atomic E-state index is 0.270. The van der Waals surface area contributed by atoms with Crippen LogP contribution in [-0.2, 0) is 6.54 Å². The molecule has 19 heavy (non-hydrogen) atoms. The van der Waals surface area contributed by atoms with Gasteiger partial charge in [-0.15, -0.1) is 0 Å². The number of aliphatic hydroxyl groups is 1. The van der Waals surface area contributed by atoms with E-state index >= 15 is 0 Å². The summed E-state index contributed by atoms with van der Waals surface area (Å²) in [6, 6.07) is 4.36. The fraction of sp³-hybridized carbons (Fsp3) is 0.643. The van der Waals surface area contributed by atoms with Gasteiger partial charge in [-0.3, -0.25) is 0 Å². The van der Waals surface area contributed by atoms with Crippen molar-refractivity contribution >= 4 is 5.82 Å². The van der Waals surface area contributed by atoms with E-state index in [1.54, 1.807) is 0 Å². The summed E-state index contributed by atoms with van der Waals surface area (Å²) < 4.78 is 0. The molecule has 2 atom stereocenters. The topological polar surface area (TPSA) is 65.6 Å². The van der Waals surface area contributed by atoms with Crippen molar-refractivity contribution in [2.75, 3.05) is 32.1 Å². The lowest BCUT2D eigenvalue weighted by atomic mass is 10.2. The van der Waals surface area contributed by atoms with Crippen LogP contribution in [0.15, 0.2) is 12.1 Å². The van der Waals surface area contributed by atoms with Crippen molar-refractivity contribution in [1.82, 2.24) is 9.88 Å². The van der Waals surface area contributed by atoms with Gasteiger partial charge >= 0.3 is 0 Å². The second kappa shape index (κ2) is 5.86. The number of aryl methyl sites for hydroxylation is 1. The number of likely N-dealkylation sites (N-methyl/N-ethyl adjacent to an activating group) is 1. The molecule has 1 saturated heterocycles. The van der Waals surface area contributed by atoms with Gasteiger partial charge in [0.15, 0.2) is 0 Å². The first-order chi connectivity index (χ1) is 8.99. The number of nitrogens with zero attached hydrogens (tertiary/aromatic N) is 3. The molecule has 0 aliphatic carbocycles. The van der Waals surface area contributed by atoms with Crippen LogP contribution in [0.1, 0.15) is 17.7 Å². The maximum absolute atomic E-state index is 9.93. The molecule has 2 unspecified atom stereocenters. The number of hydrogen-bond acceptors (Lipinski definition) is 5. The summed E-state index contributed by atoms with van der Waals surface area (Å²) in [4.78, 5) is 8.95. The Morgan fingerprint density at radius 3 is 2.84 bits per heavy atom. The molecule has 0 bridgehead atoms. The monoisotopic (exact) mass is 264 g/mol. The van der Waals surface area contributed by atoms with Crippen LogP contribution in [-0.4, -0.2) is 54.3 Å². The smallest absolute Gasteiger partial charge is 0.129 e. The van der Waals surface area contributed by atoms with Crippen LogP contribution in [0.25, 0.3) is 0 Å². The molecule has 5 heteroatoms. The third-order valence-electron chi connectivity index (χ3n) is 3.50. The van der Waals surface area contributed by atoms with E-state index in [1.165, 1.54) is 0 Å².